The van der Waals surface area contributed by atoms with Crippen LogP contribution in [0.25, 0.3) is 17.3 Å². The monoisotopic (exact) mass is 672 g/mol. The number of nitrogens with one attached hydrogen (secondary N) is 3. The number of anilines is 2. The maximum Gasteiger partial charge on any atom is 0.272 e. The van der Waals surface area contributed by atoms with Crippen LogP contribution in [0.4, 0.5) is 10.8 Å². The number of nitrogens with zero attached hydrogens (tertiary/aromatic N) is 1. The molecule has 0 spiro atoms. The van der Waals surface area contributed by atoms with E-state index in [1.807, 2.05) is 54.8 Å². The average molecular weight is 674 g/mol. The van der Waals surface area contributed by atoms with Crippen LogP contribution in [0, 0.1) is 6.92 Å². The van der Waals surface area contributed by atoms with Crippen LogP contribution >= 0.6 is 46.3 Å². The molecule has 11 heteroatoms. The van der Waals surface area contributed by atoms with E-state index >= 15 is 0 Å². The number of amides is 3. The van der Waals surface area contributed by atoms with Crippen molar-refractivity contribution in [3.8, 4) is 11.3 Å². The molecule has 0 aliphatic carbocycles. The highest BCUT2D eigenvalue weighted by molar-refractivity contribution is 8.00. The predicted molar refractivity (Wildman–Crippen MR) is 185 cm³/mol. The van der Waals surface area contributed by atoms with Gasteiger partial charge in [0.2, 0.25) is 5.91 Å². The highest BCUT2D eigenvalue weighted by Crippen LogP contribution is 2.31. The van der Waals surface area contributed by atoms with Crippen molar-refractivity contribution < 1.29 is 14.4 Å². The second kappa shape index (κ2) is 15.0. The average Bonchev–Trinajstić information content (AvgIpc) is 3.50. The molecule has 0 atom stereocenters. The number of benzene rings is 4. The summed E-state index contributed by atoms with van der Waals surface area (Å²) in [6.45, 7) is 1.95. The van der Waals surface area contributed by atoms with Gasteiger partial charge < -0.3 is 16.0 Å². The van der Waals surface area contributed by atoms with Crippen LogP contribution in [0.5, 0.6) is 0 Å². The van der Waals surface area contributed by atoms with Crippen molar-refractivity contribution in [1.82, 2.24) is 10.3 Å². The van der Waals surface area contributed by atoms with Crippen molar-refractivity contribution in [2.75, 3.05) is 16.4 Å². The summed E-state index contributed by atoms with van der Waals surface area (Å²) in [5, 5.41) is 11.6. The first-order chi connectivity index (χ1) is 21.7. The Kier molecular flexibility index (Phi) is 10.7. The Morgan fingerprint density at radius 1 is 0.867 bits per heavy atom. The molecule has 0 saturated carbocycles. The minimum absolute atomic E-state index is 0.0931. The molecule has 0 aliphatic rings. The molecule has 0 fully saturated rings. The highest BCUT2D eigenvalue weighted by atomic mass is 35.5. The first kappa shape index (κ1) is 32.0. The van der Waals surface area contributed by atoms with E-state index in [9.17, 15) is 14.4 Å². The fourth-order valence-electron chi connectivity index (χ4n) is 4.15. The van der Waals surface area contributed by atoms with E-state index in [0.717, 1.165) is 21.6 Å². The summed E-state index contributed by atoms with van der Waals surface area (Å²) in [6.07, 6.45) is 1.64. The van der Waals surface area contributed by atoms with Crippen molar-refractivity contribution in [3.05, 3.63) is 135 Å². The number of rotatable bonds is 10. The smallest absolute Gasteiger partial charge is 0.272 e. The molecule has 0 radical (unpaired) electrons. The zero-order valence-corrected chi connectivity index (χ0v) is 27.0. The molecule has 4 aromatic carbocycles. The zero-order chi connectivity index (χ0) is 31.8. The number of halogens is 2. The van der Waals surface area contributed by atoms with E-state index in [0.29, 0.717) is 32.1 Å². The molecule has 45 heavy (non-hydrogen) atoms. The molecule has 0 unspecified atom stereocenters. The van der Waals surface area contributed by atoms with Crippen LogP contribution in [-0.4, -0.2) is 28.5 Å². The molecule has 3 N–H and O–H groups in total. The van der Waals surface area contributed by atoms with Gasteiger partial charge in [-0.05, 0) is 61.0 Å². The van der Waals surface area contributed by atoms with Gasteiger partial charge in [-0.1, -0.05) is 83.4 Å². The number of thiazole rings is 1. The van der Waals surface area contributed by atoms with Gasteiger partial charge in [-0.2, -0.15) is 0 Å². The molecular formula is C34H26Cl2N4O3S2. The molecule has 0 aliphatic heterocycles. The van der Waals surface area contributed by atoms with Crippen LogP contribution in [0.15, 0.2) is 113 Å². The first-order valence-electron chi connectivity index (χ1n) is 13.6. The Hall–Kier alpha value is -4.41. The second-order valence-electron chi connectivity index (χ2n) is 9.78. The molecule has 5 rings (SSSR count). The Morgan fingerprint density at radius 2 is 1.67 bits per heavy atom. The minimum Gasteiger partial charge on any atom is -0.321 e. The van der Waals surface area contributed by atoms with Crippen molar-refractivity contribution in [2.24, 2.45) is 0 Å². The Balaban J connectivity index is 1.22. The third-order valence-electron chi connectivity index (χ3n) is 6.31. The van der Waals surface area contributed by atoms with Crippen LogP contribution < -0.4 is 16.0 Å². The molecule has 0 bridgehead atoms. The predicted octanol–water partition coefficient (Wildman–Crippen LogP) is 8.57. The molecule has 7 nitrogen and oxygen atoms in total. The van der Waals surface area contributed by atoms with Gasteiger partial charge in [0, 0.05) is 27.1 Å². The fourth-order valence-corrected chi connectivity index (χ4v) is 5.94. The van der Waals surface area contributed by atoms with E-state index in [1.165, 1.54) is 23.1 Å². The van der Waals surface area contributed by atoms with Crippen LogP contribution in [0.3, 0.4) is 0 Å². The van der Waals surface area contributed by atoms with E-state index in [4.69, 9.17) is 23.2 Å². The van der Waals surface area contributed by atoms with E-state index in [1.54, 1.807) is 60.7 Å². The van der Waals surface area contributed by atoms with Crippen molar-refractivity contribution in [2.45, 2.75) is 11.8 Å². The number of hydrogen-bond donors (Lipinski definition) is 3. The molecule has 1 heterocycles. The molecular weight excluding hydrogens is 647 g/mol. The third kappa shape index (κ3) is 9.06. The summed E-state index contributed by atoms with van der Waals surface area (Å²) >= 11 is 14.7. The van der Waals surface area contributed by atoms with Gasteiger partial charge in [-0.3, -0.25) is 14.4 Å². The minimum atomic E-state index is -0.484. The van der Waals surface area contributed by atoms with Crippen LogP contribution in [-0.2, 0) is 9.59 Å². The van der Waals surface area contributed by atoms with Crippen molar-refractivity contribution in [1.29, 1.82) is 0 Å². The maximum atomic E-state index is 13.4. The van der Waals surface area contributed by atoms with Gasteiger partial charge in [-0.15, -0.1) is 23.1 Å². The van der Waals surface area contributed by atoms with Gasteiger partial charge in [0.15, 0.2) is 5.13 Å². The number of carbonyl (C=O) groups excluding carboxylic acids is 3. The third-order valence-corrected chi connectivity index (χ3v) is 8.80. The number of hydrogen-bond acceptors (Lipinski definition) is 6. The van der Waals surface area contributed by atoms with E-state index < -0.39 is 11.8 Å². The lowest BCUT2D eigenvalue weighted by Gasteiger charge is -2.12. The van der Waals surface area contributed by atoms with Gasteiger partial charge in [-0.25, -0.2) is 4.98 Å². The van der Waals surface area contributed by atoms with E-state index in [2.05, 4.69) is 20.9 Å². The Morgan fingerprint density at radius 3 is 2.44 bits per heavy atom. The quantitative estimate of drug-likeness (QED) is 0.102. The summed E-state index contributed by atoms with van der Waals surface area (Å²) < 4.78 is 0. The standard InChI is InChI=1S/C34H26Cl2N4O3S2/c1-21-7-5-8-22(15-21)16-29(38-32(42)23-9-3-2-4-10-23)33(43)37-25-11-6-12-26(18-25)44-20-31(41)40-34-39-30(19-45-34)24-13-14-27(35)28(36)17-24/h2-19H,20H2,1H3,(H,37,43)(H,38,42)(H,39,40,41)/b29-16+. The highest BCUT2D eigenvalue weighted by Gasteiger charge is 2.16. The second-order valence-corrected chi connectivity index (χ2v) is 12.5. The fraction of sp³-hybridized carbons (Fsp3) is 0.0588. The SMILES string of the molecule is Cc1cccc(/C=C(/NC(=O)c2ccccc2)C(=O)Nc2cccc(SCC(=O)Nc3nc(-c4ccc(Cl)c(Cl)c4)cs3)c2)c1. The van der Waals surface area contributed by atoms with E-state index in [-0.39, 0.29) is 17.4 Å². The lowest BCUT2D eigenvalue weighted by atomic mass is 10.1. The number of carbonyl (C=O) groups is 3. The molecule has 226 valence electrons. The first-order valence-corrected chi connectivity index (χ1v) is 16.3. The van der Waals surface area contributed by atoms with Gasteiger partial charge in [0.05, 0.1) is 21.5 Å². The number of aryl methyl sites for hydroxylation is 1. The summed E-state index contributed by atoms with van der Waals surface area (Å²) in [5.41, 5.74) is 4.31. The number of aromatic nitrogens is 1. The molecule has 1 aromatic heterocycles. The summed E-state index contributed by atoms with van der Waals surface area (Å²) in [6, 6.07) is 28.7. The van der Waals surface area contributed by atoms with Crippen LogP contribution in [0.1, 0.15) is 21.5 Å². The largest absolute Gasteiger partial charge is 0.321 e. The topological polar surface area (TPSA) is 100 Å². The maximum absolute atomic E-state index is 13.4. The summed E-state index contributed by atoms with van der Waals surface area (Å²) in [7, 11) is 0. The Bertz CT molecular complexity index is 1890. The zero-order valence-electron chi connectivity index (χ0n) is 23.8. The number of thioether (sulfide) groups is 1. The van der Waals surface area contributed by atoms with Gasteiger partial charge >= 0.3 is 0 Å². The lowest BCUT2D eigenvalue weighted by molar-refractivity contribution is -0.114. The summed E-state index contributed by atoms with van der Waals surface area (Å²) in [5.74, 6) is -0.979. The molecule has 5 aromatic rings. The van der Waals surface area contributed by atoms with Gasteiger partial charge in [0.1, 0.15) is 5.70 Å². The Labute approximate surface area is 278 Å². The van der Waals surface area contributed by atoms with Crippen molar-refractivity contribution >= 4 is 80.9 Å². The van der Waals surface area contributed by atoms with Gasteiger partial charge in [0.25, 0.3) is 11.8 Å². The van der Waals surface area contributed by atoms with Crippen LogP contribution in [0.2, 0.25) is 10.0 Å². The lowest BCUT2D eigenvalue weighted by Crippen LogP contribution is -2.30. The molecule has 3 amide bonds. The summed E-state index contributed by atoms with van der Waals surface area (Å²) in [4.78, 5) is 44.2. The molecule has 0 saturated heterocycles. The normalized spacial score (nSPS) is 11.1. The van der Waals surface area contributed by atoms with Crippen molar-refractivity contribution in [3.63, 3.8) is 0 Å².